The van der Waals surface area contributed by atoms with Gasteiger partial charge in [-0.25, -0.2) is 18.4 Å². The quantitative estimate of drug-likeness (QED) is 0.844. The largest absolute Gasteiger partial charge is 0.378 e. The van der Waals surface area contributed by atoms with E-state index in [1.807, 2.05) is 6.92 Å². The van der Waals surface area contributed by atoms with Crippen LogP contribution in [0.4, 0.5) is 5.82 Å². The van der Waals surface area contributed by atoms with Crippen LogP contribution in [0.5, 0.6) is 0 Å². The van der Waals surface area contributed by atoms with Gasteiger partial charge in [-0.05, 0) is 22.9 Å². The van der Waals surface area contributed by atoms with Crippen molar-refractivity contribution in [1.82, 2.24) is 9.97 Å². The third-order valence-electron chi connectivity index (χ3n) is 1.98. The van der Waals surface area contributed by atoms with Gasteiger partial charge in [-0.2, -0.15) is 0 Å². The summed E-state index contributed by atoms with van der Waals surface area (Å²) in [6.45, 7) is 2.90. The highest BCUT2D eigenvalue weighted by atomic mass is 79.9. The Morgan fingerprint density at radius 2 is 2.06 bits per heavy atom. The summed E-state index contributed by atoms with van der Waals surface area (Å²) in [6, 6.07) is 0. The van der Waals surface area contributed by atoms with E-state index in [1.54, 1.807) is 7.11 Å². The lowest BCUT2D eigenvalue weighted by Crippen LogP contribution is -2.11. The summed E-state index contributed by atoms with van der Waals surface area (Å²) in [4.78, 5) is 8.37. The monoisotopic (exact) mass is 337 g/mol. The summed E-state index contributed by atoms with van der Waals surface area (Å²) in [5, 5.41) is 3.05. The number of anilines is 1. The van der Waals surface area contributed by atoms with Gasteiger partial charge in [0.05, 0.1) is 16.8 Å². The number of hydrogen-bond donors (Lipinski definition) is 1. The van der Waals surface area contributed by atoms with Crippen LogP contribution in [-0.2, 0) is 26.9 Å². The number of nitrogens with zero attached hydrogens (tertiary/aromatic N) is 2. The predicted molar refractivity (Wildman–Crippen MR) is 73.2 cm³/mol. The first-order valence-electron chi connectivity index (χ1n) is 5.33. The van der Waals surface area contributed by atoms with Crippen molar-refractivity contribution < 1.29 is 13.2 Å². The van der Waals surface area contributed by atoms with Crippen molar-refractivity contribution in [3.05, 3.63) is 16.0 Å². The van der Waals surface area contributed by atoms with Crippen LogP contribution in [0, 0.1) is 0 Å². The molecule has 8 heteroatoms. The standard InChI is InChI=1S/C10H16BrN3O3S/c1-4-12-10-9(11)7(5-17-2)13-8(14-10)6-18(3,15)16/h4-6H2,1-3H3,(H,12,13,14). The number of hydrogen-bond acceptors (Lipinski definition) is 6. The first-order valence-corrected chi connectivity index (χ1v) is 8.18. The average molecular weight is 338 g/mol. The van der Waals surface area contributed by atoms with Crippen molar-refractivity contribution in [2.24, 2.45) is 0 Å². The topological polar surface area (TPSA) is 81.2 Å². The molecule has 0 atom stereocenters. The van der Waals surface area contributed by atoms with Crippen LogP contribution in [0.2, 0.25) is 0 Å². The molecule has 0 radical (unpaired) electrons. The van der Waals surface area contributed by atoms with Crippen molar-refractivity contribution in [2.75, 3.05) is 25.2 Å². The molecule has 0 saturated heterocycles. The van der Waals surface area contributed by atoms with Gasteiger partial charge in [-0.3, -0.25) is 0 Å². The fraction of sp³-hybridized carbons (Fsp3) is 0.600. The smallest absolute Gasteiger partial charge is 0.154 e. The molecule has 0 saturated carbocycles. The second-order valence-corrected chi connectivity index (χ2v) is 6.72. The van der Waals surface area contributed by atoms with Gasteiger partial charge in [-0.1, -0.05) is 0 Å². The predicted octanol–water partition coefficient (Wildman–Crippen LogP) is 1.36. The van der Waals surface area contributed by atoms with Crippen molar-refractivity contribution in [2.45, 2.75) is 19.3 Å². The highest BCUT2D eigenvalue weighted by molar-refractivity contribution is 9.10. The third kappa shape index (κ3) is 4.51. The lowest BCUT2D eigenvalue weighted by Gasteiger charge is -2.11. The molecule has 0 aliphatic heterocycles. The van der Waals surface area contributed by atoms with Crippen LogP contribution in [0.1, 0.15) is 18.4 Å². The zero-order valence-corrected chi connectivity index (χ0v) is 12.9. The Morgan fingerprint density at radius 3 is 2.56 bits per heavy atom. The van der Waals surface area contributed by atoms with Gasteiger partial charge in [0.25, 0.3) is 0 Å². The van der Waals surface area contributed by atoms with E-state index in [9.17, 15) is 8.42 Å². The molecule has 1 rings (SSSR count). The van der Waals surface area contributed by atoms with Gasteiger partial charge >= 0.3 is 0 Å². The van der Waals surface area contributed by atoms with E-state index < -0.39 is 9.84 Å². The van der Waals surface area contributed by atoms with Crippen LogP contribution in [0.3, 0.4) is 0 Å². The molecule has 0 fully saturated rings. The number of rotatable bonds is 6. The summed E-state index contributed by atoms with van der Waals surface area (Å²) in [5.74, 6) is 0.664. The van der Waals surface area contributed by atoms with Crippen LogP contribution in [0.25, 0.3) is 0 Å². The summed E-state index contributed by atoms with van der Waals surface area (Å²) in [7, 11) is -1.61. The molecule has 6 nitrogen and oxygen atoms in total. The number of sulfone groups is 1. The lowest BCUT2D eigenvalue weighted by molar-refractivity contribution is 0.180. The fourth-order valence-electron chi connectivity index (χ4n) is 1.36. The number of nitrogens with one attached hydrogen (secondary N) is 1. The Morgan fingerprint density at radius 1 is 1.39 bits per heavy atom. The van der Waals surface area contributed by atoms with Crippen LogP contribution < -0.4 is 5.32 Å². The zero-order chi connectivity index (χ0) is 13.8. The normalized spacial score (nSPS) is 11.6. The summed E-state index contributed by atoms with van der Waals surface area (Å²) >= 11 is 3.38. The van der Waals surface area contributed by atoms with Crippen LogP contribution in [0.15, 0.2) is 4.47 Å². The van der Waals surface area contributed by atoms with E-state index in [0.29, 0.717) is 22.5 Å². The van der Waals surface area contributed by atoms with Crippen molar-refractivity contribution in [3.8, 4) is 0 Å². The molecule has 1 heterocycles. The molecule has 0 aliphatic carbocycles. The van der Waals surface area contributed by atoms with Crippen molar-refractivity contribution >= 4 is 31.6 Å². The first-order chi connectivity index (χ1) is 8.37. The van der Waals surface area contributed by atoms with Gasteiger partial charge in [0, 0.05) is 19.9 Å². The highest BCUT2D eigenvalue weighted by Gasteiger charge is 2.14. The van der Waals surface area contributed by atoms with Crippen LogP contribution >= 0.6 is 15.9 Å². The molecule has 0 amide bonds. The number of methoxy groups -OCH3 is 1. The molecule has 18 heavy (non-hydrogen) atoms. The first kappa shape index (κ1) is 15.3. The Kier molecular flexibility index (Phi) is 5.48. The summed E-state index contributed by atoms with van der Waals surface area (Å²) in [5.41, 5.74) is 0.627. The molecule has 0 bridgehead atoms. The van der Waals surface area contributed by atoms with Gasteiger partial charge in [-0.15, -0.1) is 0 Å². The molecule has 102 valence electrons. The Balaban J connectivity index is 3.19. The second-order valence-electron chi connectivity index (χ2n) is 3.78. The highest BCUT2D eigenvalue weighted by Crippen LogP contribution is 2.24. The zero-order valence-electron chi connectivity index (χ0n) is 10.5. The minimum atomic E-state index is -3.16. The maximum Gasteiger partial charge on any atom is 0.154 e. The van der Waals surface area contributed by atoms with E-state index in [4.69, 9.17) is 4.74 Å². The van der Waals surface area contributed by atoms with Crippen molar-refractivity contribution in [3.63, 3.8) is 0 Å². The molecule has 0 aromatic carbocycles. The molecule has 1 aromatic rings. The Hall–Kier alpha value is -0.730. The van der Waals surface area contributed by atoms with Gasteiger partial charge in [0.2, 0.25) is 0 Å². The molecular formula is C10H16BrN3O3S. The minimum absolute atomic E-state index is 0.185. The van der Waals surface area contributed by atoms with Crippen LogP contribution in [-0.4, -0.2) is 38.3 Å². The lowest BCUT2D eigenvalue weighted by atomic mass is 10.4. The molecule has 1 N–H and O–H groups in total. The van der Waals surface area contributed by atoms with Gasteiger partial charge in [0.1, 0.15) is 17.4 Å². The number of halogens is 1. The fourth-order valence-corrected chi connectivity index (χ4v) is 2.39. The number of ether oxygens (including phenoxy) is 1. The summed E-state index contributed by atoms with van der Waals surface area (Å²) in [6.07, 6.45) is 1.15. The van der Waals surface area contributed by atoms with E-state index in [1.165, 1.54) is 0 Å². The van der Waals surface area contributed by atoms with Crippen molar-refractivity contribution in [1.29, 1.82) is 0 Å². The third-order valence-corrected chi connectivity index (χ3v) is 3.60. The summed E-state index contributed by atoms with van der Waals surface area (Å²) < 4.78 is 28.3. The Labute approximate surface area is 115 Å². The average Bonchev–Trinajstić information content (AvgIpc) is 2.23. The second kappa shape index (κ2) is 6.44. The maximum absolute atomic E-state index is 11.3. The Bertz CT molecular complexity index is 492. The number of aromatic nitrogens is 2. The minimum Gasteiger partial charge on any atom is -0.378 e. The van der Waals surface area contributed by atoms with E-state index in [0.717, 1.165) is 6.26 Å². The maximum atomic E-state index is 11.3. The van der Waals surface area contributed by atoms with E-state index in [-0.39, 0.29) is 18.2 Å². The molecule has 1 aromatic heterocycles. The molecule has 0 unspecified atom stereocenters. The molecule has 0 aliphatic rings. The van der Waals surface area contributed by atoms with E-state index in [2.05, 4.69) is 31.2 Å². The van der Waals surface area contributed by atoms with Gasteiger partial charge < -0.3 is 10.1 Å². The van der Waals surface area contributed by atoms with E-state index >= 15 is 0 Å². The molecule has 0 spiro atoms. The van der Waals surface area contributed by atoms with Gasteiger partial charge in [0.15, 0.2) is 9.84 Å². The molecular weight excluding hydrogens is 322 g/mol. The SMILES string of the molecule is CCNc1nc(CS(C)(=O)=O)nc(COC)c1Br.